The Morgan fingerprint density at radius 1 is 1.24 bits per heavy atom. The Morgan fingerprint density at radius 3 is 2.43 bits per heavy atom. The molecule has 2 rings (SSSR count). The second-order valence-electron chi connectivity index (χ2n) is 4.91. The lowest BCUT2D eigenvalue weighted by atomic mass is 10.1. The highest BCUT2D eigenvalue weighted by Crippen LogP contribution is 2.20. The molecule has 0 aliphatic heterocycles. The van der Waals surface area contributed by atoms with E-state index >= 15 is 0 Å². The van der Waals surface area contributed by atoms with Crippen LogP contribution in [0.15, 0.2) is 30.3 Å². The first-order valence-electron chi connectivity index (χ1n) is 6.60. The number of ketones is 1. The van der Waals surface area contributed by atoms with E-state index in [4.69, 9.17) is 11.6 Å². The summed E-state index contributed by atoms with van der Waals surface area (Å²) in [5, 5.41) is 3.18. The van der Waals surface area contributed by atoms with Crippen LogP contribution in [0.1, 0.15) is 27.3 Å². The number of carbonyl (C=O) groups is 2. The summed E-state index contributed by atoms with van der Waals surface area (Å²) in [6, 6.07) is 8.67. The Morgan fingerprint density at radius 2 is 1.86 bits per heavy atom. The minimum absolute atomic E-state index is 0.0742. The molecule has 0 bridgehead atoms. The first kappa shape index (κ1) is 15.3. The molecule has 0 aliphatic rings. The van der Waals surface area contributed by atoms with Crippen LogP contribution in [0.4, 0.5) is 0 Å². The number of benzene rings is 1. The first-order valence-corrected chi connectivity index (χ1v) is 6.98. The summed E-state index contributed by atoms with van der Waals surface area (Å²) < 4.78 is 1.78. The maximum atomic E-state index is 12.6. The van der Waals surface area contributed by atoms with E-state index in [1.807, 2.05) is 13.0 Å². The second-order valence-corrected chi connectivity index (χ2v) is 5.35. The van der Waals surface area contributed by atoms with E-state index in [1.54, 1.807) is 42.9 Å². The number of nitrogens with zero attached hydrogens (tertiary/aromatic N) is 1. The van der Waals surface area contributed by atoms with Crippen molar-refractivity contribution in [1.29, 1.82) is 0 Å². The molecule has 0 atom stereocenters. The molecular weight excluding hydrogens is 288 g/mol. The van der Waals surface area contributed by atoms with Gasteiger partial charge in [-0.1, -0.05) is 11.6 Å². The molecule has 1 aromatic carbocycles. The number of hydrogen-bond donors (Lipinski definition) is 1. The highest BCUT2D eigenvalue weighted by atomic mass is 35.5. The summed E-state index contributed by atoms with van der Waals surface area (Å²) in [5.41, 5.74) is 2.84. The Balaban J connectivity index is 2.37. The van der Waals surface area contributed by atoms with Gasteiger partial charge in [-0.05, 0) is 42.8 Å². The van der Waals surface area contributed by atoms with E-state index < -0.39 is 0 Å². The van der Waals surface area contributed by atoms with Gasteiger partial charge < -0.3 is 9.88 Å². The van der Waals surface area contributed by atoms with Crippen molar-refractivity contribution in [3.8, 4) is 0 Å². The maximum absolute atomic E-state index is 12.6. The fourth-order valence-electron chi connectivity index (χ4n) is 2.32. The highest BCUT2D eigenvalue weighted by Gasteiger charge is 2.19. The van der Waals surface area contributed by atoms with E-state index in [0.717, 1.165) is 11.3 Å². The van der Waals surface area contributed by atoms with E-state index in [9.17, 15) is 9.59 Å². The van der Waals surface area contributed by atoms with Crippen molar-refractivity contribution in [1.82, 2.24) is 9.88 Å². The van der Waals surface area contributed by atoms with Gasteiger partial charge >= 0.3 is 0 Å². The number of hydrogen-bond acceptors (Lipinski definition) is 2. The molecule has 5 heteroatoms. The summed E-state index contributed by atoms with van der Waals surface area (Å²) >= 11 is 5.84. The first-order chi connectivity index (χ1) is 9.93. The number of aryl methyl sites for hydroxylation is 1. The van der Waals surface area contributed by atoms with Gasteiger partial charge in [-0.2, -0.15) is 0 Å². The average Bonchev–Trinajstić information content (AvgIpc) is 2.73. The van der Waals surface area contributed by atoms with Crippen LogP contribution in [0.3, 0.4) is 0 Å². The normalized spacial score (nSPS) is 10.5. The fourth-order valence-corrected chi connectivity index (χ4v) is 2.44. The van der Waals surface area contributed by atoms with Crippen LogP contribution in [0, 0.1) is 6.92 Å². The van der Waals surface area contributed by atoms with Crippen molar-refractivity contribution >= 4 is 23.3 Å². The second kappa shape index (κ2) is 6.14. The molecule has 0 fully saturated rings. The van der Waals surface area contributed by atoms with E-state index in [0.29, 0.717) is 16.3 Å². The molecule has 0 radical (unpaired) electrons. The number of amides is 1. The number of carbonyl (C=O) groups excluding carboxylic acids is 2. The minimum atomic E-state index is -0.0823. The van der Waals surface area contributed by atoms with Crippen LogP contribution in [-0.2, 0) is 18.3 Å². The van der Waals surface area contributed by atoms with Gasteiger partial charge in [-0.3, -0.25) is 9.59 Å². The Bertz CT molecular complexity index is 687. The van der Waals surface area contributed by atoms with Crippen LogP contribution in [0.25, 0.3) is 0 Å². The summed E-state index contributed by atoms with van der Waals surface area (Å²) in [5.74, 6) is -0.157. The van der Waals surface area contributed by atoms with E-state index in [1.165, 1.54) is 0 Å². The average molecular weight is 305 g/mol. The summed E-state index contributed by atoms with van der Waals surface area (Å²) in [7, 11) is 3.40. The standard InChI is InChI=1S/C16H17ClN2O2/c1-10-8-13(9-14(20)18-2)19(3)15(10)16(21)11-4-6-12(17)7-5-11/h4-8H,9H2,1-3H3,(H,18,20). The van der Waals surface area contributed by atoms with Crippen molar-refractivity contribution in [3.05, 3.63) is 57.9 Å². The zero-order chi connectivity index (χ0) is 15.6. The third kappa shape index (κ3) is 3.16. The van der Waals surface area contributed by atoms with Gasteiger partial charge in [0.2, 0.25) is 11.7 Å². The molecule has 21 heavy (non-hydrogen) atoms. The highest BCUT2D eigenvalue weighted by molar-refractivity contribution is 6.30. The molecule has 0 unspecified atom stereocenters. The molecule has 1 amide bonds. The molecule has 1 heterocycles. The molecule has 0 saturated heterocycles. The summed E-state index contributed by atoms with van der Waals surface area (Å²) in [4.78, 5) is 24.1. The van der Waals surface area contributed by atoms with E-state index in [2.05, 4.69) is 5.32 Å². The number of likely N-dealkylation sites (N-methyl/N-ethyl adjacent to an activating group) is 1. The predicted molar refractivity (Wildman–Crippen MR) is 82.8 cm³/mol. The van der Waals surface area contributed by atoms with Crippen LogP contribution in [0.5, 0.6) is 0 Å². The third-order valence-corrected chi connectivity index (χ3v) is 3.72. The van der Waals surface area contributed by atoms with Gasteiger partial charge in [0.15, 0.2) is 0 Å². The molecule has 0 aliphatic carbocycles. The number of halogens is 1. The van der Waals surface area contributed by atoms with Gasteiger partial charge in [-0.25, -0.2) is 0 Å². The lowest BCUT2D eigenvalue weighted by Gasteiger charge is -2.08. The summed E-state index contributed by atoms with van der Waals surface area (Å²) in [6.45, 7) is 1.87. The monoisotopic (exact) mass is 304 g/mol. The minimum Gasteiger partial charge on any atom is -0.359 e. The molecule has 0 saturated carbocycles. The quantitative estimate of drug-likeness (QED) is 0.882. The zero-order valence-corrected chi connectivity index (χ0v) is 13.0. The lowest BCUT2D eigenvalue weighted by molar-refractivity contribution is -0.120. The molecular formula is C16H17ClN2O2. The van der Waals surface area contributed by atoms with Crippen molar-refractivity contribution < 1.29 is 9.59 Å². The molecule has 1 N–H and O–H groups in total. The van der Waals surface area contributed by atoms with Crippen molar-refractivity contribution in [2.75, 3.05) is 7.05 Å². The van der Waals surface area contributed by atoms with Gasteiger partial charge in [0.1, 0.15) is 0 Å². The Hall–Kier alpha value is -2.07. The Labute approximate surface area is 128 Å². The van der Waals surface area contributed by atoms with Crippen molar-refractivity contribution in [2.45, 2.75) is 13.3 Å². The molecule has 1 aromatic heterocycles. The zero-order valence-electron chi connectivity index (χ0n) is 12.2. The van der Waals surface area contributed by atoms with Gasteiger partial charge in [0.25, 0.3) is 0 Å². The number of rotatable bonds is 4. The lowest BCUT2D eigenvalue weighted by Crippen LogP contribution is -2.21. The number of aromatic nitrogens is 1. The Kier molecular flexibility index (Phi) is 4.48. The van der Waals surface area contributed by atoms with Crippen molar-refractivity contribution in [3.63, 3.8) is 0 Å². The SMILES string of the molecule is CNC(=O)Cc1cc(C)c(C(=O)c2ccc(Cl)cc2)n1C. The predicted octanol–water partition coefficient (Wildman–Crippen LogP) is 2.51. The maximum Gasteiger partial charge on any atom is 0.225 e. The fraction of sp³-hybridized carbons (Fsp3) is 0.250. The number of nitrogens with one attached hydrogen (secondary N) is 1. The smallest absolute Gasteiger partial charge is 0.225 e. The van der Waals surface area contributed by atoms with Crippen LogP contribution < -0.4 is 5.32 Å². The molecule has 110 valence electrons. The largest absolute Gasteiger partial charge is 0.359 e. The van der Waals surface area contributed by atoms with Crippen molar-refractivity contribution in [2.24, 2.45) is 7.05 Å². The van der Waals surface area contributed by atoms with Gasteiger partial charge in [0, 0.05) is 30.4 Å². The molecule has 2 aromatic rings. The van der Waals surface area contributed by atoms with Crippen LogP contribution >= 0.6 is 11.6 Å². The summed E-state index contributed by atoms with van der Waals surface area (Å²) in [6.07, 6.45) is 0.252. The van der Waals surface area contributed by atoms with Gasteiger partial charge in [0.05, 0.1) is 12.1 Å². The topological polar surface area (TPSA) is 51.1 Å². The van der Waals surface area contributed by atoms with Gasteiger partial charge in [-0.15, -0.1) is 0 Å². The van der Waals surface area contributed by atoms with Crippen LogP contribution in [-0.4, -0.2) is 23.3 Å². The molecule has 4 nitrogen and oxygen atoms in total. The van der Waals surface area contributed by atoms with Crippen LogP contribution in [0.2, 0.25) is 5.02 Å². The molecule has 0 spiro atoms. The third-order valence-electron chi connectivity index (χ3n) is 3.46. The van der Waals surface area contributed by atoms with E-state index in [-0.39, 0.29) is 18.1 Å².